The minimum atomic E-state index is 0.391. The highest BCUT2D eigenvalue weighted by Gasteiger charge is 2.45. The molecule has 0 amide bonds. The Labute approximate surface area is 48.9 Å². The van der Waals surface area contributed by atoms with Crippen molar-refractivity contribution in [1.29, 1.82) is 0 Å². The number of nitrogens with one attached hydrogen (secondary N) is 1. The normalized spacial score (nSPS) is 51.4. The van der Waals surface area contributed by atoms with E-state index in [4.69, 9.17) is 5.11 Å². The molecule has 2 saturated heterocycles. The average Bonchev–Trinajstić information content (AvgIpc) is 2.19. The quantitative estimate of drug-likeness (QED) is 0.484. The van der Waals surface area contributed by atoms with Crippen LogP contribution in [-0.2, 0) is 0 Å². The lowest BCUT2D eigenvalue weighted by molar-refractivity contribution is 0.114. The summed E-state index contributed by atoms with van der Waals surface area (Å²) in [6, 6.07) is 0.671. The summed E-state index contributed by atoms with van der Waals surface area (Å²) >= 11 is 0. The molecule has 0 aromatic heterocycles. The van der Waals surface area contributed by atoms with Crippen molar-refractivity contribution in [3.05, 3.63) is 0 Å². The summed E-state index contributed by atoms with van der Waals surface area (Å²) in [4.78, 5) is 0. The first kappa shape index (κ1) is 4.77. The summed E-state index contributed by atoms with van der Waals surface area (Å²) in [6.45, 7) is 1.54. The maximum atomic E-state index is 8.73. The van der Waals surface area contributed by atoms with Gasteiger partial charge in [-0.15, -0.1) is 0 Å². The van der Waals surface area contributed by atoms with Crippen LogP contribution in [0.4, 0.5) is 0 Å². The van der Waals surface area contributed by atoms with Gasteiger partial charge < -0.3 is 10.4 Å². The van der Waals surface area contributed by atoms with E-state index in [0.29, 0.717) is 18.6 Å². The van der Waals surface area contributed by atoms with Gasteiger partial charge in [0.05, 0.1) is 0 Å². The molecule has 0 aromatic rings. The van der Waals surface area contributed by atoms with Crippen LogP contribution in [0.5, 0.6) is 0 Å². The van der Waals surface area contributed by atoms with E-state index in [0.717, 1.165) is 12.5 Å². The lowest BCUT2D eigenvalue weighted by atomic mass is 9.75. The summed E-state index contributed by atoms with van der Waals surface area (Å²) in [5, 5.41) is 12.1. The van der Waals surface area contributed by atoms with Gasteiger partial charge in [0.15, 0.2) is 0 Å². The molecule has 0 aromatic carbocycles. The van der Waals surface area contributed by atoms with E-state index in [9.17, 15) is 0 Å². The minimum absolute atomic E-state index is 0.391. The maximum Gasteiger partial charge on any atom is 0.0477 e. The average molecular weight is 113 g/mol. The first-order valence-electron chi connectivity index (χ1n) is 3.26. The van der Waals surface area contributed by atoms with Crippen LogP contribution in [0.25, 0.3) is 0 Å². The third kappa shape index (κ3) is 0.400. The van der Waals surface area contributed by atoms with Gasteiger partial charge >= 0.3 is 0 Å². The van der Waals surface area contributed by atoms with Crippen molar-refractivity contribution in [3.8, 4) is 0 Å². The van der Waals surface area contributed by atoms with E-state index in [2.05, 4.69) is 5.32 Å². The minimum Gasteiger partial charge on any atom is -0.396 e. The van der Waals surface area contributed by atoms with Gasteiger partial charge in [-0.2, -0.15) is 0 Å². The topological polar surface area (TPSA) is 32.3 Å². The predicted molar refractivity (Wildman–Crippen MR) is 30.5 cm³/mol. The molecule has 2 heterocycles. The van der Waals surface area contributed by atoms with Gasteiger partial charge in [0.25, 0.3) is 0 Å². The number of hydrogen-bond acceptors (Lipinski definition) is 2. The molecule has 8 heavy (non-hydrogen) atoms. The fourth-order valence-electron chi connectivity index (χ4n) is 1.86. The van der Waals surface area contributed by atoms with E-state index in [1.54, 1.807) is 0 Å². The van der Waals surface area contributed by atoms with Crippen LogP contribution in [0.2, 0.25) is 0 Å². The van der Waals surface area contributed by atoms with Gasteiger partial charge in [0.1, 0.15) is 0 Å². The number of aliphatic hydroxyl groups excluding tert-OH is 1. The monoisotopic (exact) mass is 113 g/mol. The number of rotatable bonds is 1. The van der Waals surface area contributed by atoms with Crippen LogP contribution in [0.15, 0.2) is 0 Å². The summed E-state index contributed by atoms with van der Waals surface area (Å²) < 4.78 is 0. The summed E-state index contributed by atoms with van der Waals surface area (Å²) in [6.07, 6.45) is 1.31. The Bertz CT molecular complexity index is 90.7. The number of hydrogen-bond donors (Lipinski definition) is 2. The molecule has 46 valence electrons. The Hall–Kier alpha value is -0.0800. The van der Waals surface area contributed by atoms with E-state index < -0.39 is 0 Å². The van der Waals surface area contributed by atoms with Crippen molar-refractivity contribution in [2.45, 2.75) is 12.5 Å². The van der Waals surface area contributed by atoms with Gasteiger partial charge in [-0.1, -0.05) is 0 Å². The molecule has 2 aliphatic heterocycles. The first-order chi connectivity index (χ1) is 3.92. The second kappa shape index (κ2) is 1.45. The number of aliphatic hydroxyl groups is 1. The van der Waals surface area contributed by atoms with Crippen molar-refractivity contribution in [1.82, 2.24) is 5.32 Å². The summed E-state index contributed by atoms with van der Waals surface area (Å²) in [5.74, 6) is 1.42. The van der Waals surface area contributed by atoms with E-state index in [1.165, 1.54) is 6.42 Å². The largest absolute Gasteiger partial charge is 0.396 e. The molecule has 2 nitrogen and oxygen atoms in total. The molecule has 1 aliphatic carbocycles. The molecule has 3 unspecified atom stereocenters. The Morgan fingerprint density at radius 1 is 1.62 bits per heavy atom. The third-order valence-corrected chi connectivity index (χ3v) is 2.53. The fraction of sp³-hybridized carbons (Fsp3) is 1.00. The van der Waals surface area contributed by atoms with Crippen LogP contribution in [0.1, 0.15) is 6.42 Å². The zero-order chi connectivity index (χ0) is 5.56. The second-order valence-corrected chi connectivity index (χ2v) is 2.86. The molecule has 2 N–H and O–H groups in total. The fourth-order valence-corrected chi connectivity index (χ4v) is 1.86. The standard InChI is InChI=1S/C6H11NO/c8-3-5-4-1-6(5)7-2-4/h4-8H,1-3H2. The van der Waals surface area contributed by atoms with Crippen LogP contribution in [0.3, 0.4) is 0 Å². The third-order valence-electron chi connectivity index (χ3n) is 2.53. The molecule has 0 spiro atoms. The molecule has 3 fully saturated rings. The highest BCUT2D eigenvalue weighted by atomic mass is 16.3. The predicted octanol–water partition coefficient (Wildman–Crippen LogP) is -0.413. The molecule has 1 saturated carbocycles. The zero-order valence-electron chi connectivity index (χ0n) is 4.80. The summed E-state index contributed by atoms with van der Waals surface area (Å²) in [7, 11) is 0. The van der Waals surface area contributed by atoms with Gasteiger partial charge in [-0.3, -0.25) is 0 Å². The van der Waals surface area contributed by atoms with Crippen molar-refractivity contribution in [2.24, 2.45) is 11.8 Å². The molecular weight excluding hydrogens is 102 g/mol. The molecule has 0 radical (unpaired) electrons. The molecule has 3 atom stereocenters. The van der Waals surface area contributed by atoms with Crippen LogP contribution in [0, 0.1) is 11.8 Å². The molecule has 2 bridgehead atoms. The highest BCUT2D eigenvalue weighted by molar-refractivity contribution is 5.01. The Morgan fingerprint density at radius 2 is 2.50 bits per heavy atom. The van der Waals surface area contributed by atoms with Gasteiger partial charge in [0.2, 0.25) is 0 Å². The van der Waals surface area contributed by atoms with Crippen LogP contribution < -0.4 is 5.32 Å². The van der Waals surface area contributed by atoms with E-state index >= 15 is 0 Å². The van der Waals surface area contributed by atoms with E-state index in [1.807, 2.05) is 0 Å². The first-order valence-corrected chi connectivity index (χ1v) is 3.26. The van der Waals surface area contributed by atoms with Crippen molar-refractivity contribution < 1.29 is 5.11 Å². The molecule has 3 rings (SSSR count). The maximum absolute atomic E-state index is 8.73. The zero-order valence-corrected chi connectivity index (χ0v) is 4.80. The van der Waals surface area contributed by atoms with Gasteiger partial charge in [0, 0.05) is 18.6 Å². The second-order valence-electron chi connectivity index (χ2n) is 2.86. The molecule has 2 heteroatoms. The van der Waals surface area contributed by atoms with Crippen molar-refractivity contribution in [3.63, 3.8) is 0 Å². The number of fused-ring (bicyclic) bond motifs is 1. The van der Waals surface area contributed by atoms with Crippen LogP contribution in [-0.4, -0.2) is 24.3 Å². The smallest absolute Gasteiger partial charge is 0.0477 e. The van der Waals surface area contributed by atoms with Crippen LogP contribution >= 0.6 is 0 Å². The SMILES string of the molecule is OCC1C2CNC1C2. The highest BCUT2D eigenvalue weighted by Crippen LogP contribution is 2.39. The Balaban J connectivity index is 2.02. The van der Waals surface area contributed by atoms with E-state index in [-0.39, 0.29) is 0 Å². The lowest BCUT2D eigenvalue weighted by Gasteiger charge is -2.32. The molecule has 3 aliphatic rings. The van der Waals surface area contributed by atoms with Gasteiger partial charge in [-0.25, -0.2) is 0 Å². The molecular formula is C6H11NO. The van der Waals surface area contributed by atoms with Crippen molar-refractivity contribution in [2.75, 3.05) is 13.2 Å². The Kier molecular flexibility index (Phi) is 0.866. The Morgan fingerprint density at radius 3 is 2.75 bits per heavy atom. The lowest BCUT2D eigenvalue weighted by Crippen LogP contribution is -2.39. The van der Waals surface area contributed by atoms with Gasteiger partial charge in [-0.05, 0) is 18.9 Å². The summed E-state index contributed by atoms with van der Waals surface area (Å²) in [5.41, 5.74) is 0. The van der Waals surface area contributed by atoms with Crippen molar-refractivity contribution >= 4 is 0 Å².